The lowest BCUT2D eigenvalue weighted by molar-refractivity contribution is 0.0952. The average Bonchev–Trinajstić information content (AvgIpc) is 3.30. The minimum absolute atomic E-state index is 0.109. The van der Waals surface area contributed by atoms with Crippen LogP contribution in [0.15, 0.2) is 71.6 Å². The van der Waals surface area contributed by atoms with E-state index < -0.39 is 0 Å². The third kappa shape index (κ3) is 2.67. The smallest absolute Gasteiger partial charge is 0.253 e. The van der Waals surface area contributed by atoms with Crippen molar-refractivity contribution in [1.29, 1.82) is 0 Å². The summed E-state index contributed by atoms with van der Waals surface area (Å²) in [4.78, 5) is 19.8. The van der Waals surface area contributed by atoms with Crippen molar-refractivity contribution in [3.8, 4) is 11.5 Å². The molecule has 3 aromatic heterocycles. The Morgan fingerprint density at radius 3 is 2.83 bits per heavy atom. The molecule has 0 atom stereocenters. The van der Waals surface area contributed by atoms with E-state index in [1.54, 1.807) is 18.7 Å². The summed E-state index contributed by atoms with van der Waals surface area (Å²) in [5, 5.41) is 3.84. The van der Waals surface area contributed by atoms with Crippen LogP contribution >= 0.6 is 0 Å². The zero-order valence-electron chi connectivity index (χ0n) is 12.8. The number of furan rings is 1. The minimum atomic E-state index is -0.109. The maximum atomic E-state index is 12.4. The van der Waals surface area contributed by atoms with Crippen LogP contribution in [0.3, 0.4) is 0 Å². The van der Waals surface area contributed by atoms with Gasteiger partial charge in [-0.25, -0.2) is 0 Å². The van der Waals surface area contributed by atoms with E-state index in [0.717, 1.165) is 27.9 Å². The molecule has 3 heterocycles. The number of rotatable bonds is 4. The molecule has 118 valence electrons. The van der Waals surface area contributed by atoms with Gasteiger partial charge in [0.1, 0.15) is 5.69 Å². The standard InChI is InChI=1S/C19H15N3O2/c23-19(15-12-21-16-5-2-1-4-14(15)16)22-11-13-7-8-17(20-10-13)18-6-3-9-24-18/h1-10,12,21H,11H2,(H,22,23). The number of amides is 1. The van der Waals surface area contributed by atoms with E-state index in [0.29, 0.717) is 12.1 Å². The molecule has 0 saturated heterocycles. The van der Waals surface area contributed by atoms with Crippen LogP contribution in [0.25, 0.3) is 22.4 Å². The van der Waals surface area contributed by atoms with Gasteiger partial charge in [0.25, 0.3) is 5.91 Å². The summed E-state index contributed by atoms with van der Waals surface area (Å²) in [6.45, 7) is 0.420. The molecule has 0 aliphatic rings. The zero-order chi connectivity index (χ0) is 16.4. The average molecular weight is 317 g/mol. The van der Waals surface area contributed by atoms with Crippen molar-refractivity contribution in [3.63, 3.8) is 0 Å². The fourth-order valence-corrected chi connectivity index (χ4v) is 2.64. The van der Waals surface area contributed by atoms with Crippen LogP contribution in [0.2, 0.25) is 0 Å². The molecule has 5 nitrogen and oxygen atoms in total. The molecule has 0 aliphatic heterocycles. The monoisotopic (exact) mass is 317 g/mol. The summed E-state index contributed by atoms with van der Waals surface area (Å²) < 4.78 is 5.31. The first-order valence-corrected chi connectivity index (χ1v) is 7.64. The van der Waals surface area contributed by atoms with E-state index in [1.807, 2.05) is 48.5 Å². The van der Waals surface area contributed by atoms with E-state index in [2.05, 4.69) is 15.3 Å². The first kappa shape index (κ1) is 14.3. The van der Waals surface area contributed by atoms with Crippen LogP contribution in [-0.2, 0) is 6.54 Å². The highest BCUT2D eigenvalue weighted by Crippen LogP contribution is 2.18. The molecule has 1 aromatic carbocycles. The molecular weight excluding hydrogens is 302 g/mol. The lowest BCUT2D eigenvalue weighted by atomic mass is 10.1. The van der Waals surface area contributed by atoms with Crippen molar-refractivity contribution in [3.05, 3.63) is 78.3 Å². The molecule has 5 heteroatoms. The molecule has 0 fully saturated rings. The summed E-state index contributed by atoms with van der Waals surface area (Å²) in [7, 11) is 0. The van der Waals surface area contributed by atoms with Gasteiger partial charge in [-0.05, 0) is 29.8 Å². The number of H-pyrrole nitrogens is 1. The van der Waals surface area contributed by atoms with Crippen LogP contribution in [0.4, 0.5) is 0 Å². The molecule has 0 bridgehead atoms. The SMILES string of the molecule is O=C(NCc1ccc(-c2ccco2)nc1)c1c[nH]c2ccccc12. The van der Waals surface area contributed by atoms with Gasteiger partial charge in [-0.2, -0.15) is 0 Å². The Morgan fingerprint density at radius 2 is 2.04 bits per heavy atom. The Kier molecular flexibility index (Phi) is 3.59. The predicted molar refractivity (Wildman–Crippen MR) is 91.4 cm³/mol. The third-order valence-electron chi connectivity index (χ3n) is 3.89. The van der Waals surface area contributed by atoms with Crippen molar-refractivity contribution in [1.82, 2.24) is 15.3 Å². The van der Waals surface area contributed by atoms with Crippen molar-refractivity contribution in [2.24, 2.45) is 0 Å². The number of carbonyl (C=O) groups is 1. The molecule has 24 heavy (non-hydrogen) atoms. The normalized spacial score (nSPS) is 10.8. The Labute approximate surface area is 138 Å². The number of nitrogens with one attached hydrogen (secondary N) is 2. The lowest BCUT2D eigenvalue weighted by Gasteiger charge is -2.05. The van der Waals surface area contributed by atoms with Gasteiger partial charge in [-0.1, -0.05) is 24.3 Å². The Hall–Kier alpha value is -3.34. The number of aromatic nitrogens is 2. The third-order valence-corrected chi connectivity index (χ3v) is 3.89. The number of aromatic amines is 1. The van der Waals surface area contributed by atoms with Gasteiger partial charge in [0.05, 0.1) is 11.8 Å². The van der Waals surface area contributed by atoms with Gasteiger partial charge in [0.2, 0.25) is 0 Å². The number of fused-ring (bicyclic) bond motifs is 1. The quantitative estimate of drug-likeness (QED) is 0.602. The van der Waals surface area contributed by atoms with E-state index in [-0.39, 0.29) is 5.91 Å². The molecular formula is C19H15N3O2. The summed E-state index contributed by atoms with van der Waals surface area (Å²) in [6, 6.07) is 15.2. The van der Waals surface area contributed by atoms with Crippen molar-refractivity contribution < 1.29 is 9.21 Å². The molecule has 0 spiro atoms. The lowest BCUT2D eigenvalue weighted by Crippen LogP contribution is -2.22. The molecule has 1 amide bonds. The number of hydrogen-bond donors (Lipinski definition) is 2. The van der Waals surface area contributed by atoms with Crippen molar-refractivity contribution in [2.75, 3.05) is 0 Å². The van der Waals surface area contributed by atoms with Crippen LogP contribution in [0.5, 0.6) is 0 Å². The molecule has 0 radical (unpaired) electrons. The van der Waals surface area contributed by atoms with Gasteiger partial charge >= 0.3 is 0 Å². The minimum Gasteiger partial charge on any atom is -0.463 e. The highest BCUT2D eigenvalue weighted by Gasteiger charge is 2.11. The van der Waals surface area contributed by atoms with Crippen LogP contribution in [0.1, 0.15) is 15.9 Å². The number of carbonyl (C=O) groups excluding carboxylic acids is 1. The first-order chi connectivity index (χ1) is 11.8. The molecule has 0 saturated carbocycles. The number of pyridine rings is 1. The summed E-state index contributed by atoms with van der Waals surface area (Å²) in [6.07, 6.45) is 5.10. The van der Waals surface area contributed by atoms with Crippen LogP contribution in [-0.4, -0.2) is 15.9 Å². The fourth-order valence-electron chi connectivity index (χ4n) is 2.64. The second-order valence-electron chi connectivity index (χ2n) is 5.46. The van der Waals surface area contributed by atoms with E-state index in [9.17, 15) is 4.79 Å². The molecule has 2 N–H and O–H groups in total. The van der Waals surface area contributed by atoms with Gasteiger partial charge in [0.15, 0.2) is 5.76 Å². The first-order valence-electron chi connectivity index (χ1n) is 7.64. The molecule has 0 aliphatic carbocycles. The largest absolute Gasteiger partial charge is 0.463 e. The van der Waals surface area contributed by atoms with Gasteiger partial charge in [-0.3, -0.25) is 9.78 Å². The Bertz CT molecular complexity index is 969. The van der Waals surface area contributed by atoms with Gasteiger partial charge in [0, 0.05) is 29.8 Å². The highest BCUT2D eigenvalue weighted by atomic mass is 16.3. The van der Waals surface area contributed by atoms with Crippen LogP contribution < -0.4 is 5.32 Å². The Balaban J connectivity index is 1.45. The number of para-hydroxylation sites is 1. The summed E-state index contributed by atoms with van der Waals surface area (Å²) >= 11 is 0. The number of nitrogens with zero attached hydrogens (tertiary/aromatic N) is 1. The van der Waals surface area contributed by atoms with Gasteiger partial charge < -0.3 is 14.7 Å². The molecule has 4 aromatic rings. The second kappa shape index (κ2) is 6.04. The molecule has 4 rings (SSSR count). The predicted octanol–water partition coefficient (Wildman–Crippen LogP) is 3.75. The van der Waals surface area contributed by atoms with Crippen molar-refractivity contribution in [2.45, 2.75) is 6.54 Å². The van der Waals surface area contributed by atoms with Crippen molar-refractivity contribution >= 4 is 16.8 Å². The maximum Gasteiger partial charge on any atom is 0.253 e. The zero-order valence-corrected chi connectivity index (χ0v) is 12.8. The fraction of sp³-hybridized carbons (Fsp3) is 0.0526. The summed E-state index contributed by atoms with van der Waals surface area (Å²) in [5.74, 6) is 0.618. The van der Waals surface area contributed by atoms with E-state index >= 15 is 0 Å². The van der Waals surface area contributed by atoms with Gasteiger partial charge in [-0.15, -0.1) is 0 Å². The summed E-state index contributed by atoms with van der Waals surface area (Å²) in [5.41, 5.74) is 3.29. The second-order valence-corrected chi connectivity index (χ2v) is 5.46. The molecule has 0 unspecified atom stereocenters. The Morgan fingerprint density at radius 1 is 1.12 bits per heavy atom. The van der Waals surface area contributed by atoms with E-state index in [1.165, 1.54) is 0 Å². The highest BCUT2D eigenvalue weighted by molar-refractivity contribution is 6.06. The topological polar surface area (TPSA) is 70.9 Å². The number of benzene rings is 1. The number of hydrogen-bond acceptors (Lipinski definition) is 3. The van der Waals surface area contributed by atoms with E-state index in [4.69, 9.17) is 4.42 Å². The van der Waals surface area contributed by atoms with Crippen LogP contribution in [0, 0.1) is 0 Å². The maximum absolute atomic E-state index is 12.4.